The minimum Gasteiger partial charge on any atom is -0.466 e. The number of esters is 1. The normalized spacial score (nSPS) is 11.2. The molecule has 0 bridgehead atoms. The van der Waals surface area contributed by atoms with Gasteiger partial charge >= 0.3 is 5.97 Å². The molecular weight excluding hydrogens is 248 g/mol. The molecule has 1 aromatic rings. The highest BCUT2D eigenvalue weighted by atomic mass is 16.5. The maximum absolute atomic E-state index is 10.6. The second kappa shape index (κ2) is 7.28. The summed E-state index contributed by atoms with van der Waals surface area (Å²) in [7, 11) is 0. The summed E-state index contributed by atoms with van der Waals surface area (Å²) in [6.07, 6.45) is 2.82. The van der Waals surface area contributed by atoms with Crippen LogP contribution in [-0.2, 0) is 14.9 Å². The van der Waals surface area contributed by atoms with Crippen LogP contribution in [0.5, 0.6) is 0 Å². The Morgan fingerprint density at radius 2 is 1.75 bits per heavy atom. The van der Waals surface area contributed by atoms with Gasteiger partial charge in [-0.3, -0.25) is 4.79 Å². The van der Waals surface area contributed by atoms with Crippen LogP contribution in [0.25, 0.3) is 5.57 Å². The number of hydrogen-bond donors (Lipinski definition) is 0. The van der Waals surface area contributed by atoms with Gasteiger partial charge in [-0.2, -0.15) is 0 Å². The van der Waals surface area contributed by atoms with Crippen LogP contribution in [0.15, 0.2) is 30.8 Å². The first-order valence-electron chi connectivity index (χ1n) is 7.23. The zero-order valence-electron chi connectivity index (χ0n) is 13.2. The summed E-state index contributed by atoms with van der Waals surface area (Å²) < 4.78 is 4.91. The van der Waals surface area contributed by atoms with Crippen LogP contribution in [-0.4, -0.2) is 12.6 Å². The maximum atomic E-state index is 10.6. The maximum Gasteiger partial charge on any atom is 0.302 e. The van der Waals surface area contributed by atoms with E-state index < -0.39 is 0 Å². The second-order valence-corrected chi connectivity index (χ2v) is 6.23. The molecule has 0 saturated carbocycles. The number of ether oxygens (including phenoxy) is 1. The molecular formula is C18H26O2. The van der Waals surface area contributed by atoms with E-state index in [2.05, 4.69) is 51.6 Å². The van der Waals surface area contributed by atoms with E-state index in [0.29, 0.717) is 6.61 Å². The quantitative estimate of drug-likeness (QED) is 0.553. The summed E-state index contributed by atoms with van der Waals surface area (Å²) in [5.41, 5.74) is 3.87. The highest BCUT2D eigenvalue weighted by Crippen LogP contribution is 2.25. The molecule has 20 heavy (non-hydrogen) atoms. The molecule has 0 amide bonds. The average Bonchev–Trinajstić information content (AvgIpc) is 2.37. The third-order valence-corrected chi connectivity index (χ3v) is 3.34. The minimum atomic E-state index is -0.207. The number of rotatable bonds is 6. The number of unbranched alkanes of at least 4 members (excludes halogenated alkanes) is 1. The van der Waals surface area contributed by atoms with Crippen molar-refractivity contribution >= 4 is 11.5 Å². The summed E-state index contributed by atoms with van der Waals surface area (Å²) in [6, 6.07) is 8.66. The first-order valence-corrected chi connectivity index (χ1v) is 7.23. The van der Waals surface area contributed by atoms with Gasteiger partial charge in [-0.15, -0.1) is 0 Å². The molecule has 0 spiro atoms. The molecule has 0 aliphatic rings. The molecule has 0 N–H and O–H groups in total. The fourth-order valence-corrected chi connectivity index (χ4v) is 2.01. The molecule has 0 atom stereocenters. The first kappa shape index (κ1) is 16.5. The van der Waals surface area contributed by atoms with Crippen molar-refractivity contribution in [2.45, 2.75) is 52.4 Å². The zero-order chi connectivity index (χ0) is 15.2. The van der Waals surface area contributed by atoms with Crippen molar-refractivity contribution in [1.82, 2.24) is 0 Å². The van der Waals surface area contributed by atoms with Gasteiger partial charge in [0.2, 0.25) is 0 Å². The third kappa shape index (κ3) is 5.60. The molecule has 0 saturated heterocycles. The third-order valence-electron chi connectivity index (χ3n) is 3.34. The lowest BCUT2D eigenvalue weighted by Crippen LogP contribution is -2.10. The van der Waals surface area contributed by atoms with Crippen molar-refractivity contribution < 1.29 is 9.53 Å². The van der Waals surface area contributed by atoms with Crippen LogP contribution < -0.4 is 0 Å². The molecule has 0 heterocycles. The van der Waals surface area contributed by atoms with Gasteiger partial charge in [-0.1, -0.05) is 51.6 Å². The van der Waals surface area contributed by atoms with Crippen LogP contribution in [0.1, 0.15) is 58.1 Å². The largest absolute Gasteiger partial charge is 0.466 e. The lowest BCUT2D eigenvalue weighted by molar-refractivity contribution is -0.141. The smallest absolute Gasteiger partial charge is 0.302 e. The Balaban J connectivity index is 2.42. The van der Waals surface area contributed by atoms with E-state index in [4.69, 9.17) is 4.74 Å². The summed E-state index contributed by atoms with van der Waals surface area (Å²) in [5.74, 6) is -0.207. The highest BCUT2D eigenvalue weighted by Gasteiger charge is 2.13. The van der Waals surface area contributed by atoms with Gasteiger partial charge in [0.1, 0.15) is 0 Å². The Morgan fingerprint density at radius 3 is 2.25 bits per heavy atom. The fourth-order valence-electron chi connectivity index (χ4n) is 2.01. The molecule has 0 fully saturated rings. The van der Waals surface area contributed by atoms with Crippen LogP contribution in [0, 0.1) is 0 Å². The summed E-state index contributed by atoms with van der Waals surface area (Å²) in [6.45, 7) is 12.7. The van der Waals surface area contributed by atoms with E-state index in [0.717, 1.165) is 24.8 Å². The number of benzene rings is 1. The second-order valence-electron chi connectivity index (χ2n) is 6.23. The SMILES string of the molecule is C=C(CCCCOC(C)=O)c1ccc(C(C)(C)C)cc1. The number of carbonyl (C=O) groups excluding carboxylic acids is 1. The van der Waals surface area contributed by atoms with Crippen LogP contribution >= 0.6 is 0 Å². The topological polar surface area (TPSA) is 26.3 Å². The molecule has 1 rings (SSSR count). The van der Waals surface area contributed by atoms with Crippen molar-refractivity contribution in [2.75, 3.05) is 6.61 Å². The lowest BCUT2D eigenvalue weighted by Gasteiger charge is -2.19. The fraction of sp³-hybridized carbons (Fsp3) is 0.500. The molecule has 0 unspecified atom stereocenters. The van der Waals surface area contributed by atoms with E-state index in [1.165, 1.54) is 18.1 Å². The molecule has 110 valence electrons. The van der Waals surface area contributed by atoms with Crippen LogP contribution in [0.4, 0.5) is 0 Å². The van der Waals surface area contributed by atoms with E-state index >= 15 is 0 Å². The van der Waals surface area contributed by atoms with E-state index in [-0.39, 0.29) is 11.4 Å². The van der Waals surface area contributed by atoms with E-state index in [1.54, 1.807) is 0 Å². The molecule has 0 aliphatic carbocycles. The number of hydrogen-bond acceptors (Lipinski definition) is 2. The van der Waals surface area contributed by atoms with E-state index in [9.17, 15) is 4.79 Å². The molecule has 0 radical (unpaired) electrons. The van der Waals surface area contributed by atoms with Crippen molar-refractivity contribution in [3.8, 4) is 0 Å². The van der Waals surface area contributed by atoms with E-state index in [1.807, 2.05) is 0 Å². The van der Waals surface area contributed by atoms with Gasteiger partial charge in [0.15, 0.2) is 0 Å². The van der Waals surface area contributed by atoms with Gasteiger partial charge in [-0.05, 0) is 41.4 Å². The van der Waals surface area contributed by atoms with Gasteiger partial charge < -0.3 is 4.74 Å². The standard InChI is InChI=1S/C18H26O2/c1-14(8-6-7-13-20-15(2)19)16-9-11-17(12-10-16)18(3,4)5/h9-12H,1,6-8,13H2,2-5H3. The Morgan fingerprint density at radius 1 is 1.15 bits per heavy atom. The van der Waals surface area contributed by atoms with Crippen molar-refractivity contribution in [3.05, 3.63) is 42.0 Å². The van der Waals surface area contributed by atoms with Gasteiger partial charge in [0, 0.05) is 6.92 Å². The number of carbonyl (C=O) groups is 1. The van der Waals surface area contributed by atoms with Gasteiger partial charge in [-0.25, -0.2) is 0 Å². The summed E-state index contributed by atoms with van der Waals surface area (Å²) >= 11 is 0. The van der Waals surface area contributed by atoms with Gasteiger partial charge in [0.25, 0.3) is 0 Å². The summed E-state index contributed by atoms with van der Waals surface area (Å²) in [4.78, 5) is 10.6. The Kier molecular flexibility index (Phi) is 6.00. The molecule has 0 aromatic heterocycles. The molecule has 2 heteroatoms. The minimum absolute atomic E-state index is 0.184. The Hall–Kier alpha value is -1.57. The van der Waals surface area contributed by atoms with Crippen LogP contribution in [0.3, 0.4) is 0 Å². The summed E-state index contributed by atoms with van der Waals surface area (Å²) in [5, 5.41) is 0. The Bertz CT molecular complexity index is 449. The predicted molar refractivity (Wildman–Crippen MR) is 84.7 cm³/mol. The first-order chi connectivity index (χ1) is 9.30. The lowest BCUT2D eigenvalue weighted by atomic mass is 9.86. The van der Waals surface area contributed by atoms with Crippen molar-refractivity contribution in [1.29, 1.82) is 0 Å². The number of allylic oxidation sites excluding steroid dienone is 1. The Labute approximate surface area is 122 Å². The average molecular weight is 274 g/mol. The predicted octanol–water partition coefficient (Wildman–Crippen LogP) is 4.73. The van der Waals surface area contributed by atoms with Crippen molar-refractivity contribution in [3.63, 3.8) is 0 Å². The van der Waals surface area contributed by atoms with Crippen molar-refractivity contribution in [2.24, 2.45) is 0 Å². The molecule has 0 aliphatic heterocycles. The highest BCUT2D eigenvalue weighted by molar-refractivity contribution is 5.66. The monoisotopic (exact) mass is 274 g/mol. The van der Waals surface area contributed by atoms with Gasteiger partial charge in [0.05, 0.1) is 6.61 Å². The molecule has 2 nitrogen and oxygen atoms in total. The van der Waals surface area contributed by atoms with Crippen LogP contribution in [0.2, 0.25) is 0 Å². The molecule has 1 aromatic carbocycles. The zero-order valence-corrected chi connectivity index (χ0v) is 13.2.